The van der Waals surface area contributed by atoms with Crippen molar-refractivity contribution in [2.24, 2.45) is 0 Å². The van der Waals surface area contributed by atoms with Gasteiger partial charge >= 0.3 is 0 Å². The molecular formula is C26H25N5OS. The van der Waals surface area contributed by atoms with E-state index >= 15 is 0 Å². The Morgan fingerprint density at radius 1 is 0.939 bits per heavy atom. The van der Waals surface area contributed by atoms with Gasteiger partial charge in [-0.2, -0.15) is 0 Å². The predicted molar refractivity (Wildman–Crippen MR) is 134 cm³/mol. The Balaban J connectivity index is 1.66. The van der Waals surface area contributed by atoms with E-state index in [1.807, 2.05) is 73.1 Å². The highest BCUT2D eigenvalue weighted by Crippen LogP contribution is 2.43. The van der Waals surface area contributed by atoms with Crippen LogP contribution in [0.5, 0.6) is 5.75 Å². The highest BCUT2D eigenvalue weighted by molar-refractivity contribution is 7.80. The summed E-state index contributed by atoms with van der Waals surface area (Å²) in [7, 11) is 1.67. The maximum atomic E-state index is 5.85. The third-order valence-corrected chi connectivity index (χ3v) is 6.43. The van der Waals surface area contributed by atoms with E-state index in [0.717, 1.165) is 34.3 Å². The van der Waals surface area contributed by atoms with Crippen molar-refractivity contribution in [3.8, 4) is 11.6 Å². The maximum absolute atomic E-state index is 5.85. The number of aromatic nitrogens is 3. The van der Waals surface area contributed by atoms with Crippen LogP contribution in [0.1, 0.15) is 34.7 Å². The number of aryl methyl sites for hydroxylation is 1. The normalized spacial score (nSPS) is 17.8. The van der Waals surface area contributed by atoms with Crippen molar-refractivity contribution in [1.82, 2.24) is 19.9 Å². The van der Waals surface area contributed by atoms with Gasteiger partial charge in [-0.25, -0.2) is 4.98 Å². The molecule has 7 heteroatoms. The van der Waals surface area contributed by atoms with Gasteiger partial charge in [0.15, 0.2) is 5.11 Å². The first-order chi connectivity index (χ1) is 16.1. The van der Waals surface area contributed by atoms with Gasteiger partial charge in [0.1, 0.15) is 11.6 Å². The molecule has 1 fully saturated rings. The first kappa shape index (κ1) is 21.2. The molecular weight excluding hydrogens is 430 g/mol. The van der Waals surface area contributed by atoms with Crippen LogP contribution >= 0.6 is 12.2 Å². The molecule has 0 radical (unpaired) electrons. The molecule has 0 saturated carbocycles. The number of anilines is 1. The Hall–Kier alpha value is -3.71. The summed E-state index contributed by atoms with van der Waals surface area (Å²) in [5, 5.41) is 4.20. The number of thiocarbonyl (C=S) groups is 1. The second-order valence-corrected chi connectivity index (χ2v) is 8.43. The second-order valence-electron chi connectivity index (χ2n) is 8.04. The molecule has 0 spiro atoms. The number of ether oxygens (including phenoxy) is 1. The largest absolute Gasteiger partial charge is 0.497 e. The number of hydrogen-bond acceptors (Lipinski definition) is 4. The molecule has 33 heavy (non-hydrogen) atoms. The third-order valence-electron chi connectivity index (χ3n) is 6.12. The number of rotatable bonds is 5. The minimum Gasteiger partial charge on any atom is -0.497 e. The SMILES string of the molecule is COc1ccc(N2C(=S)N[C@@H](c3ccccn3)[C@H]2c2cc(C)n(-c3ccccn3)c2C)cc1. The first-order valence-corrected chi connectivity index (χ1v) is 11.2. The molecule has 6 nitrogen and oxygen atoms in total. The fourth-order valence-electron chi connectivity index (χ4n) is 4.62. The lowest BCUT2D eigenvalue weighted by molar-refractivity contribution is 0.415. The molecule has 1 saturated heterocycles. The molecule has 5 rings (SSSR count). The minimum absolute atomic E-state index is 0.0792. The molecule has 1 aliphatic rings. The highest BCUT2D eigenvalue weighted by atomic mass is 32.1. The van der Waals surface area contributed by atoms with Crippen LogP contribution in [-0.4, -0.2) is 26.8 Å². The Morgan fingerprint density at radius 3 is 2.30 bits per heavy atom. The monoisotopic (exact) mass is 455 g/mol. The Morgan fingerprint density at radius 2 is 1.67 bits per heavy atom. The molecule has 4 heterocycles. The zero-order valence-corrected chi connectivity index (χ0v) is 19.6. The summed E-state index contributed by atoms with van der Waals surface area (Å²) in [6, 6.07) is 22.0. The van der Waals surface area contributed by atoms with E-state index in [9.17, 15) is 0 Å². The van der Waals surface area contributed by atoms with Crippen LogP contribution in [0.4, 0.5) is 5.69 Å². The summed E-state index contributed by atoms with van der Waals surface area (Å²) >= 11 is 5.85. The zero-order valence-electron chi connectivity index (χ0n) is 18.8. The number of pyridine rings is 2. The second kappa shape index (κ2) is 8.67. The van der Waals surface area contributed by atoms with E-state index in [1.54, 1.807) is 7.11 Å². The van der Waals surface area contributed by atoms with Crippen LogP contribution in [0, 0.1) is 13.8 Å². The van der Waals surface area contributed by atoms with Gasteiger partial charge in [-0.3, -0.25) is 4.98 Å². The molecule has 0 aliphatic carbocycles. The van der Waals surface area contributed by atoms with Gasteiger partial charge in [-0.1, -0.05) is 12.1 Å². The third kappa shape index (κ3) is 3.74. The fourth-order valence-corrected chi connectivity index (χ4v) is 4.96. The van der Waals surface area contributed by atoms with Crippen LogP contribution in [0.3, 0.4) is 0 Å². The zero-order chi connectivity index (χ0) is 22.9. The smallest absolute Gasteiger partial charge is 0.174 e. The lowest BCUT2D eigenvalue weighted by atomic mass is 9.96. The average Bonchev–Trinajstić information content (AvgIpc) is 3.35. The summed E-state index contributed by atoms with van der Waals surface area (Å²) in [4.78, 5) is 11.4. The van der Waals surface area contributed by atoms with E-state index in [-0.39, 0.29) is 12.1 Å². The topological polar surface area (TPSA) is 55.2 Å². The summed E-state index contributed by atoms with van der Waals surface area (Å²) in [6.45, 7) is 4.25. The van der Waals surface area contributed by atoms with Crippen molar-refractivity contribution < 1.29 is 4.74 Å². The van der Waals surface area contributed by atoms with E-state index in [2.05, 4.69) is 44.7 Å². The summed E-state index contributed by atoms with van der Waals surface area (Å²) in [6.07, 6.45) is 3.64. The number of nitrogens with zero attached hydrogens (tertiary/aromatic N) is 4. The maximum Gasteiger partial charge on any atom is 0.174 e. The number of nitrogens with one attached hydrogen (secondary N) is 1. The lowest BCUT2D eigenvalue weighted by Crippen LogP contribution is -2.29. The van der Waals surface area contributed by atoms with E-state index in [0.29, 0.717) is 5.11 Å². The summed E-state index contributed by atoms with van der Waals surface area (Å²) in [5.74, 6) is 1.71. The standard InChI is InChI=1S/C26H25N5OS/c1-17-16-21(18(2)30(17)23-9-5-7-15-28-23)25-24(22-8-4-6-14-27-22)29-26(33)31(25)19-10-12-20(32-3)13-11-19/h4-16,24-25H,1-3H3,(H,29,33)/t24-,25+/m0/s1. The minimum atomic E-state index is -0.0986. The van der Waals surface area contributed by atoms with E-state index in [1.165, 1.54) is 5.56 Å². The summed E-state index contributed by atoms with van der Waals surface area (Å²) < 4.78 is 7.55. The average molecular weight is 456 g/mol. The molecule has 0 amide bonds. The lowest BCUT2D eigenvalue weighted by Gasteiger charge is -2.28. The van der Waals surface area contributed by atoms with Crippen LogP contribution in [0.2, 0.25) is 0 Å². The summed E-state index contributed by atoms with van der Waals surface area (Å²) in [5.41, 5.74) is 5.37. The molecule has 3 aromatic heterocycles. The molecule has 1 N–H and O–H groups in total. The molecule has 166 valence electrons. The van der Waals surface area contributed by atoms with Crippen LogP contribution in [0.25, 0.3) is 5.82 Å². The van der Waals surface area contributed by atoms with Crippen molar-refractivity contribution in [3.05, 3.63) is 102 Å². The number of hydrogen-bond donors (Lipinski definition) is 1. The van der Waals surface area contributed by atoms with Crippen molar-refractivity contribution in [1.29, 1.82) is 0 Å². The van der Waals surface area contributed by atoms with Crippen molar-refractivity contribution in [2.75, 3.05) is 12.0 Å². The van der Waals surface area contributed by atoms with Gasteiger partial charge in [-0.05, 0) is 86.2 Å². The van der Waals surface area contributed by atoms with Gasteiger partial charge in [-0.15, -0.1) is 0 Å². The Kier molecular flexibility index (Phi) is 5.56. The quantitative estimate of drug-likeness (QED) is 0.424. The van der Waals surface area contributed by atoms with Crippen molar-refractivity contribution >= 4 is 23.0 Å². The molecule has 4 aromatic rings. The Labute approximate surface area is 198 Å². The molecule has 1 aliphatic heterocycles. The Bertz CT molecular complexity index is 1270. The van der Waals surface area contributed by atoms with Gasteiger partial charge < -0.3 is 19.5 Å². The van der Waals surface area contributed by atoms with Crippen LogP contribution in [0.15, 0.2) is 79.1 Å². The molecule has 0 bridgehead atoms. The van der Waals surface area contributed by atoms with Gasteiger partial charge in [0.2, 0.25) is 0 Å². The van der Waals surface area contributed by atoms with Gasteiger partial charge in [0, 0.05) is 29.5 Å². The molecule has 1 aromatic carbocycles. The van der Waals surface area contributed by atoms with Crippen molar-refractivity contribution in [3.63, 3.8) is 0 Å². The van der Waals surface area contributed by atoms with Crippen molar-refractivity contribution in [2.45, 2.75) is 25.9 Å². The molecule has 2 atom stereocenters. The van der Waals surface area contributed by atoms with Crippen LogP contribution < -0.4 is 15.0 Å². The van der Waals surface area contributed by atoms with E-state index in [4.69, 9.17) is 17.0 Å². The van der Waals surface area contributed by atoms with Gasteiger partial charge in [0.25, 0.3) is 0 Å². The number of methoxy groups -OCH3 is 1. The predicted octanol–water partition coefficient (Wildman–Crippen LogP) is 5.07. The first-order valence-electron chi connectivity index (χ1n) is 10.8. The fraction of sp³-hybridized carbons (Fsp3) is 0.192. The highest BCUT2D eigenvalue weighted by Gasteiger charge is 2.42. The van der Waals surface area contributed by atoms with E-state index < -0.39 is 0 Å². The van der Waals surface area contributed by atoms with Gasteiger partial charge in [0.05, 0.1) is 24.9 Å². The van der Waals surface area contributed by atoms with Crippen LogP contribution in [-0.2, 0) is 0 Å². The molecule has 0 unspecified atom stereocenters. The number of benzene rings is 1.